The van der Waals surface area contributed by atoms with Crippen LogP contribution in [0.3, 0.4) is 0 Å². The Morgan fingerprint density at radius 3 is 1.97 bits per heavy atom. The summed E-state index contributed by atoms with van der Waals surface area (Å²) in [6, 6.07) is 9.28. The highest BCUT2D eigenvalue weighted by Crippen LogP contribution is 2.42. The van der Waals surface area contributed by atoms with E-state index in [9.17, 15) is 4.79 Å². The fraction of sp³-hybridized carbons (Fsp3) is 0.360. The number of aromatic nitrogens is 2. The lowest BCUT2D eigenvalue weighted by Crippen LogP contribution is -2.41. The third-order valence-electron chi connectivity index (χ3n) is 6.13. The van der Waals surface area contributed by atoms with E-state index in [1.54, 1.807) is 59.3 Å². The van der Waals surface area contributed by atoms with Crippen LogP contribution in [0, 0.1) is 0 Å². The molecule has 0 N–H and O–H groups in total. The van der Waals surface area contributed by atoms with Crippen LogP contribution >= 0.6 is 0 Å². The Hall–Kier alpha value is -3.88. The lowest BCUT2D eigenvalue weighted by molar-refractivity contribution is 0.324. The second-order valence-corrected chi connectivity index (χ2v) is 8.03. The topological polar surface area (TPSA) is 85.4 Å². The van der Waals surface area contributed by atoms with Gasteiger partial charge >= 0.3 is 5.69 Å². The van der Waals surface area contributed by atoms with Crippen LogP contribution in [0.15, 0.2) is 40.1 Å². The SMILES string of the molecule is COc1cc2c(cc1OC)C(C)Cn1c-2cc(=Nc2cc(OC)c(OC)c(OC)c2)n(C)c1=O. The van der Waals surface area contributed by atoms with Crippen LogP contribution in [0.4, 0.5) is 5.69 Å². The molecule has 9 heteroatoms. The first kappa shape index (κ1) is 23.3. The van der Waals surface area contributed by atoms with Crippen molar-refractivity contribution in [1.82, 2.24) is 9.13 Å². The van der Waals surface area contributed by atoms with Crippen molar-refractivity contribution in [3.8, 4) is 40.0 Å². The van der Waals surface area contributed by atoms with Gasteiger partial charge in [-0.05, 0) is 17.7 Å². The number of methoxy groups -OCH3 is 5. The van der Waals surface area contributed by atoms with Crippen molar-refractivity contribution in [2.75, 3.05) is 35.5 Å². The first-order valence-corrected chi connectivity index (χ1v) is 10.8. The first-order valence-electron chi connectivity index (χ1n) is 10.8. The summed E-state index contributed by atoms with van der Waals surface area (Å²) in [6.45, 7) is 2.64. The Kier molecular flexibility index (Phi) is 6.28. The molecule has 1 atom stereocenters. The maximum absolute atomic E-state index is 13.3. The molecule has 0 bridgehead atoms. The molecule has 4 rings (SSSR count). The van der Waals surface area contributed by atoms with Gasteiger partial charge in [0.1, 0.15) is 5.49 Å². The van der Waals surface area contributed by atoms with Gasteiger partial charge in [-0.3, -0.25) is 9.13 Å². The predicted molar refractivity (Wildman–Crippen MR) is 128 cm³/mol. The molecule has 1 aromatic heterocycles. The summed E-state index contributed by atoms with van der Waals surface area (Å²) in [5.41, 5.74) is 3.66. The van der Waals surface area contributed by atoms with Crippen molar-refractivity contribution in [2.24, 2.45) is 12.0 Å². The van der Waals surface area contributed by atoms with Crippen molar-refractivity contribution >= 4 is 5.69 Å². The third kappa shape index (κ3) is 3.76. The first-order chi connectivity index (χ1) is 16.4. The molecule has 0 saturated carbocycles. The number of rotatable bonds is 6. The molecule has 0 aliphatic carbocycles. The van der Waals surface area contributed by atoms with Gasteiger partial charge in [-0.1, -0.05) is 6.92 Å². The second-order valence-electron chi connectivity index (χ2n) is 8.03. The molecule has 0 spiro atoms. The average molecular weight is 468 g/mol. The molecule has 1 unspecified atom stereocenters. The Bertz CT molecular complexity index is 1350. The van der Waals surface area contributed by atoms with Gasteiger partial charge in [-0.2, -0.15) is 0 Å². The second kappa shape index (κ2) is 9.17. The fourth-order valence-corrected chi connectivity index (χ4v) is 4.35. The van der Waals surface area contributed by atoms with Crippen molar-refractivity contribution in [2.45, 2.75) is 19.4 Å². The molecular formula is C25H29N3O6. The number of benzene rings is 2. The van der Waals surface area contributed by atoms with Crippen LogP contribution in [0.2, 0.25) is 0 Å². The Labute approximate surface area is 197 Å². The quantitative estimate of drug-likeness (QED) is 0.553. The van der Waals surface area contributed by atoms with E-state index >= 15 is 0 Å². The monoisotopic (exact) mass is 467 g/mol. The molecule has 1 aliphatic rings. The zero-order valence-corrected chi connectivity index (χ0v) is 20.5. The smallest absolute Gasteiger partial charge is 0.329 e. The molecule has 2 heterocycles. The number of hydrogen-bond donors (Lipinski definition) is 0. The molecular weight excluding hydrogens is 438 g/mol. The summed E-state index contributed by atoms with van der Waals surface area (Å²) in [5, 5.41) is 0. The number of ether oxygens (including phenoxy) is 5. The minimum Gasteiger partial charge on any atom is -0.493 e. The molecule has 3 aromatic rings. The Morgan fingerprint density at radius 2 is 1.41 bits per heavy atom. The van der Waals surface area contributed by atoms with E-state index in [1.165, 1.54) is 4.57 Å². The van der Waals surface area contributed by atoms with E-state index in [1.807, 2.05) is 18.2 Å². The summed E-state index contributed by atoms with van der Waals surface area (Å²) >= 11 is 0. The van der Waals surface area contributed by atoms with Crippen molar-refractivity contribution < 1.29 is 23.7 Å². The summed E-state index contributed by atoms with van der Waals surface area (Å²) < 4.78 is 30.6. The van der Waals surface area contributed by atoms with Crippen molar-refractivity contribution in [3.05, 3.63) is 51.9 Å². The standard InChI is InChI=1S/C25H29N3O6/c1-14-13-28-18(17-11-20(31-4)19(30-3)10-16(14)17)12-23(27(2)25(28)29)26-15-8-21(32-5)24(34-7)22(9-15)33-6/h8-12,14H,13H2,1-7H3. The van der Waals surface area contributed by atoms with Crippen molar-refractivity contribution in [1.29, 1.82) is 0 Å². The highest BCUT2D eigenvalue weighted by Gasteiger charge is 2.26. The van der Waals surface area contributed by atoms with E-state index in [0.29, 0.717) is 46.5 Å². The zero-order valence-electron chi connectivity index (χ0n) is 20.5. The Morgan fingerprint density at radius 1 is 0.824 bits per heavy atom. The van der Waals surface area contributed by atoms with E-state index < -0.39 is 0 Å². The predicted octanol–water partition coefficient (Wildman–Crippen LogP) is 3.25. The number of hydrogen-bond acceptors (Lipinski definition) is 7. The van der Waals surface area contributed by atoms with Gasteiger partial charge in [0.05, 0.1) is 46.9 Å². The third-order valence-corrected chi connectivity index (χ3v) is 6.13. The summed E-state index contributed by atoms with van der Waals surface area (Å²) in [4.78, 5) is 18.1. The average Bonchev–Trinajstić information content (AvgIpc) is 2.86. The van der Waals surface area contributed by atoms with Gasteiger partial charge in [0.2, 0.25) is 5.75 Å². The van der Waals surface area contributed by atoms with Crippen LogP contribution in [-0.4, -0.2) is 44.7 Å². The molecule has 0 radical (unpaired) electrons. The summed E-state index contributed by atoms with van der Waals surface area (Å²) in [5.74, 6) is 2.82. The minimum absolute atomic E-state index is 0.123. The van der Waals surface area contributed by atoms with E-state index in [4.69, 9.17) is 28.7 Å². The highest BCUT2D eigenvalue weighted by molar-refractivity contribution is 5.71. The van der Waals surface area contributed by atoms with E-state index in [0.717, 1.165) is 16.8 Å². The maximum Gasteiger partial charge on any atom is 0.329 e. The van der Waals surface area contributed by atoms with Crippen LogP contribution in [0.25, 0.3) is 11.3 Å². The van der Waals surface area contributed by atoms with Gasteiger partial charge in [-0.25, -0.2) is 9.79 Å². The molecule has 2 aromatic carbocycles. The van der Waals surface area contributed by atoms with E-state index in [2.05, 4.69) is 6.92 Å². The van der Waals surface area contributed by atoms with Gasteiger partial charge in [-0.15, -0.1) is 0 Å². The fourth-order valence-electron chi connectivity index (χ4n) is 4.35. The van der Waals surface area contributed by atoms with Crippen LogP contribution < -0.4 is 34.9 Å². The lowest BCUT2D eigenvalue weighted by Gasteiger charge is -2.28. The maximum atomic E-state index is 13.3. The van der Waals surface area contributed by atoms with E-state index in [-0.39, 0.29) is 11.6 Å². The number of nitrogens with zero attached hydrogens (tertiary/aromatic N) is 3. The molecule has 0 fully saturated rings. The van der Waals surface area contributed by atoms with Crippen molar-refractivity contribution in [3.63, 3.8) is 0 Å². The van der Waals surface area contributed by atoms with Gasteiger partial charge < -0.3 is 23.7 Å². The molecule has 0 saturated heterocycles. The number of fused-ring (bicyclic) bond motifs is 3. The van der Waals surface area contributed by atoms with Gasteiger partial charge in [0.25, 0.3) is 0 Å². The minimum atomic E-state index is -0.157. The van der Waals surface area contributed by atoms with Crippen LogP contribution in [0.1, 0.15) is 18.4 Å². The highest BCUT2D eigenvalue weighted by atomic mass is 16.5. The van der Waals surface area contributed by atoms with Crippen LogP contribution in [-0.2, 0) is 13.6 Å². The molecule has 180 valence electrons. The molecule has 9 nitrogen and oxygen atoms in total. The molecule has 1 aliphatic heterocycles. The normalized spacial score (nSPS) is 14.8. The largest absolute Gasteiger partial charge is 0.493 e. The van der Waals surface area contributed by atoms with Gasteiger partial charge in [0.15, 0.2) is 23.0 Å². The summed E-state index contributed by atoms with van der Waals surface area (Å²) in [6.07, 6.45) is 0. The summed E-state index contributed by atoms with van der Waals surface area (Å²) in [7, 11) is 9.56. The van der Waals surface area contributed by atoms with Crippen LogP contribution in [0.5, 0.6) is 28.7 Å². The Balaban J connectivity index is 1.98. The lowest BCUT2D eigenvalue weighted by atomic mass is 9.89. The molecule has 0 amide bonds. The molecule has 34 heavy (non-hydrogen) atoms. The zero-order chi connectivity index (χ0) is 24.6. The van der Waals surface area contributed by atoms with Gasteiger partial charge in [0, 0.05) is 43.3 Å².